The summed E-state index contributed by atoms with van der Waals surface area (Å²) in [5.74, 6) is -0.0786. The minimum absolute atomic E-state index is 0.0250. The Balaban J connectivity index is 1.44. The van der Waals surface area contributed by atoms with E-state index < -0.39 is 0 Å². The Morgan fingerprint density at radius 1 is 1.10 bits per heavy atom. The highest BCUT2D eigenvalue weighted by atomic mass is 16.2. The predicted molar refractivity (Wildman–Crippen MR) is 125 cm³/mol. The molecule has 1 aliphatic rings. The third-order valence-electron chi connectivity index (χ3n) is 5.48. The van der Waals surface area contributed by atoms with Gasteiger partial charge in [0.25, 0.3) is 0 Å². The quantitative estimate of drug-likeness (QED) is 0.619. The standard InChI is InChI=1S/C25H32N4O2/c1-3-20-10-12-21(13-11-20)23-14-15-25(31)29(27-23)18-16-24(30)26-17-19-28(4-2)22-8-6-5-7-9-22/h5-14,27H,3-4,15-19H2,1-2H3,(H,26,30). The van der Waals surface area contributed by atoms with Crippen LogP contribution in [0, 0.1) is 0 Å². The molecule has 31 heavy (non-hydrogen) atoms. The number of likely N-dealkylation sites (N-methyl/N-ethyl adjacent to an activating group) is 1. The Morgan fingerprint density at radius 3 is 2.52 bits per heavy atom. The zero-order valence-corrected chi connectivity index (χ0v) is 18.4. The van der Waals surface area contributed by atoms with Crippen molar-refractivity contribution < 1.29 is 9.59 Å². The molecule has 1 heterocycles. The molecule has 0 unspecified atom stereocenters. The minimum atomic E-state index is -0.0536. The van der Waals surface area contributed by atoms with Gasteiger partial charge in [-0.2, -0.15) is 0 Å². The van der Waals surface area contributed by atoms with E-state index in [0.717, 1.165) is 36.5 Å². The minimum Gasteiger partial charge on any atom is -0.370 e. The molecule has 0 radical (unpaired) electrons. The maximum Gasteiger partial charge on any atom is 0.244 e. The molecule has 0 saturated heterocycles. The van der Waals surface area contributed by atoms with Gasteiger partial charge in [-0.25, -0.2) is 0 Å². The zero-order chi connectivity index (χ0) is 22.1. The number of aryl methyl sites for hydroxylation is 1. The van der Waals surface area contributed by atoms with Crippen molar-refractivity contribution in [3.63, 3.8) is 0 Å². The summed E-state index contributed by atoms with van der Waals surface area (Å²) in [5, 5.41) is 4.51. The van der Waals surface area contributed by atoms with E-state index in [4.69, 9.17) is 0 Å². The van der Waals surface area contributed by atoms with Crippen molar-refractivity contribution in [2.75, 3.05) is 31.1 Å². The molecule has 3 rings (SSSR count). The van der Waals surface area contributed by atoms with Gasteiger partial charge in [0.1, 0.15) is 0 Å². The van der Waals surface area contributed by atoms with E-state index in [1.807, 2.05) is 24.3 Å². The van der Waals surface area contributed by atoms with Crippen LogP contribution in [0.25, 0.3) is 5.70 Å². The summed E-state index contributed by atoms with van der Waals surface area (Å²) in [4.78, 5) is 26.8. The van der Waals surface area contributed by atoms with Crippen molar-refractivity contribution >= 4 is 23.2 Å². The molecule has 0 bridgehead atoms. The van der Waals surface area contributed by atoms with Gasteiger partial charge in [0.05, 0.1) is 12.2 Å². The molecule has 0 aromatic heterocycles. The van der Waals surface area contributed by atoms with Crippen molar-refractivity contribution in [1.29, 1.82) is 0 Å². The number of para-hydroxylation sites is 1. The third kappa shape index (κ3) is 6.35. The topological polar surface area (TPSA) is 64.7 Å². The molecule has 0 fully saturated rings. The summed E-state index contributed by atoms with van der Waals surface area (Å²) in [6, 6.07) is 18.5. The van der Waals surface area contributed by atoms with E-state index in [9.17, 15) is 9.59 Å². The fourth-order valence-corrected chi connectivity index (χ4v) is 3.58. The zero-order valence-electron chi connectivity index (χ0n) is 18.4. The molecule has 2 amide bonds. The van der Waals surface area contributed by atoms with E-state index in [1.54, 1.807) is 5.01 Å². The molecule has 0 saturated carbocycles. The number of rotatable bonds is 10. The monoisotopic (exact) mass is 420 g/mol. The SMILES string of the molecule is CCc1ccc(C2=CCC(=O)N(CCC(=O)NCCN(CC)c3ccccc3)N2)cc1. The van der Waals surface area contributed by atoms with Crippen LogP contribution in [-0.4, -0.2) is 43.0 Å². The summed E-state index contributed by atoms with van der Waals surface area (Å²) in [7, 11) is 0. The van der Waals surface area contributed by atoms with Crippen LogP contribution in [0.4, 0.5) is 5.69 Å². The molecule has 164 valence electrons. The molecule has 1 aliphatic heterocycles. The maximum atomic E-state index is 12.3. The van der Waals surface area contributed by atoms with E-state index >= 15 is 0 Å². The van der Waals surface area contributed by atoms with Crippen molar-refractivity contribution in [3.8, 4) is 0 Å². The van der Waals surface area contributed by atoms with Gasteiger partial charge in [-0.05, 0) is 42.7 Å². The first-order valence-electron chi connectivity index (χ1n) is 11.0. The number of benzene rings is 2. The molecular weight excluding hydrogens is 388 g/mol. The van der Waals surface area contributed by atoms with E-state index in [1.165, 1.54) is 5.56 Å². The average molecular weight is 421 g/mol. The summed E-state index contributed by atoms with van der Waals surface area (Å²) >= 11 is 0. The lowest BCUT2D eigenvalue weighted by Crippen LogP contribution is -2.46. The maximum absolute atomic E-state index is 12.3. The van der Waals surface area contributed by atoms with Crippen LogP contribution in [0.3, 0.4) is 0 Å². The van der Waals surface area contributed by atoms with Crippen LogP contribution in [0.5, 0.6) is 0 Å². The van der Waals surface area contributed by atoms with E-state index in [-0.39, 0.29) is 18.2 Å². The predicted octanol–water partition coefficient (Wildman–Crippen LogP) is 3.36. The van der Waals surface area contributed by atoms with Gasteiger partial charge in [-0.3, -0.25) is 20.0 Å². The normalized spacial score (nSPS) is 13.4. The summed E-state index contributed by atoms with van der Waals surface area (Å²) in [6.45, 7) is 6.75. The van der Waals surface area contributed by atoms with Gasteiger partial charge in [0, 0.05) is 38.2 Å². The molecule has 0 atom stereocenters. The fourth-order valence-electron chi connectivity index (χ4n) is 3.58. The third-order valence-corrected chi connectivity index (χ3v) is 5.48. The van der Waals surface area contributed by atoms with Gasteiger partial charge in [-0.1, -0.05) is 49.4 Å². The second kappa shape index (κ2) is 11.2. The highest BCUT2D eigenvalue weighted by Crippen LogP contribution is 2.18. The van der Waals surface area contributed by atoms with Gasteiger partial charge in [-0.15, -0.1) is 0 Å². The summed E-state index contributed by atoms with van der Waals surface area (Å²) in [5.41, 5.74) is 7.55. The molecule has 0 spiro atoms. The number of amides is 2. The van der Waals surface area contributed by atoms with Crippen LogP contribution in [0.15, 0.2) is 60.7 Å². The molecule has 0 aliphatic carbocycles. The Morgan fingerprint density at radius 2 is 1.84 bits per heavy atom. The van der Waals surface area contributed by atoms with Gasteiger partial charge >= 0.3 is 0 Å². The summed E-state index contributed by atoms with van der Waals surface area (Å²) < 4.78 is 0. The number of carbonyl (C=O) groups excluding carboxylic acids is 2. The number of nitrogens with zero attached hydrogens (tertiary/aromatic N) is 2. The molecule has 6 heteroatoms. The smallest absolute Gasteiger partial charge is 0.244 e. The summed E-state index contributed by atoms with van der Waals surface area (Å²) in [6.07, 6.45) is 3.50. The number of anilines is 1. The van der Waals surface area contributed by atoms with Crippen molar-refractivity contribution in [1.82, 2.24) is 15.8 Å². The fraction of sp³-hybridized carbons (Fsp3) is 0.360. The van der Waals surface area contributed by atoms with Crippen LogP contribution in [0.2, 0.25) is 0 Å². The molecule has 2 aromatic rings. The Kier molecular flexibility index (Phi) is 8.10. The molecule has 6 nitrogen and oxygen atoms in total. The average Bonchev–Trinajstić information content (AvgIpc) is 2.82. The van der Waals surface area contributed by atoms with Gasteiger partial charge in [0.15, 0.2) is 0 Å². The largest absolute Gasteiger partial charge is 0.370 e. The number of nitrogens with one attached hydrogen (secondary N) is 2. The van der Waals surface area contributed by atoms with Crippen molar-refractivity contribution in [3.05, 3.63) is 71.8 Å². The lowest BCUT2D eigenvalue weighted by Gasteiger charge is -2.29. The van der Waals surface area contributed by atoms with Gasteiger partial charge < -0.3 is 10.2 Å². The Hall–Kier alpha value is -3.28. The Labute approximate surface area is 184 Å². The van der Waals surface area contributed by atoms with Crippen LogP contribution in [0.1, 0.15) is 37.8 Å². The lowest BCUT2D eigenvalue weighted by atomic mass is 10.1. The number of hydrogen-bond donors (Lipinski definition) is 2. The first kappa shape index (κ1) is 22.4. The van der Waals surface area contributed by atoms with Crippen LogP contribution in [-0.2, 0) is 16.0 Å². The van der Waals surface area contributed by atoms with Crippen molar-refractivity contribution in [2.24, 2.45) is 0 Å². The first-order chi connectivity index (χ1) is 15.1. The molecule has 2 aromatic carbocycles. The second-order valence-corrected chi connectivity index (χ2v) is 7.54. The molecular formula is C25H32N4O2. The van der Waals surface area contributed by atoms with Crippen LogP contribution >= 0.6 is 0 Å². The Bertz CT molecular complexity index is 893. The van der Waals surface area contributed by atoms with Crippen molar-refractivity contribution in [2.45, 2.75) is 33.1 Å². The van der Waals surface area contributed by atoms with Crippen LogP contribution < -0.4 is 15.6 Å². The van der Waals surface area contributed by atoms with Gasteiger partial charge in [0.2, 0.25) is 11.8 Å². The number of hydrogen-bond acceptors (Lipinski definition) is 4. The highest BCUT2D eigenvalue weighted by molar-refractivity contribution is 5.84. The molecule has 2 N–H and O–H groups in total. The second-order valence-electron chi connectivity index (χ2n) is 7.54. The van der Waals surface area contributed by atoms with E-state index in [0.29, 0.717) is 19.5 Å². The first-order valence-corrected chi connectivity index (χ1v) is 11.0. The number of hydrazine groups is 1. The van der Waals surface area contributed by atoms with E-state index in [2.05, 4.69) is 65.9 Å². The lowest BCUT2D eigenvalue weighted by molar-refractivity contribution is -0.133. The highest BCUT2D eigenvalue weighted by Gasteiger charge is 2.20. The number of carbonyl (C=O) groups is 2.